The number of non-ortho nitro benzene ring substituents is 1. The topological polar surface area (TPSA) is 102 Å². The van der Waals surface area contributed by atoms with E-state index >= 15 is 0 Å². The predicted octanol–water partition coefficient (Wildman–Crippen LogP) is 5.13. The largest absolute Gasteiger partial charge is 0.480 e. The number of hydrogen-bond acceptors (Lipinski definition) is 6. The molecule has 0 aliphatic carbocycles. The van der Waals surface area contributed by atoms with Crippen molar-refractivity contribution in [3.63, 3.8) is 0 Å². The van der Waals surface area contributed by atoms with E-state index in [9.17, 15) is 20.2 Å². The van der Waals surface area contributed by atoms with Crippen LogP contribution in [0.4, 0.5) is 5.69 Å². The van der Waals surface area contributed by atoms with Gasteiger partial charge in [-0.3, -0.25) is 10.1 Å². The average molecular weight is 510 g/mol. The second-order valence-electron chi connectivity index (χ2n) is 5.38. The molecule has 0 aliphatic heterocycles. The van der Waals surface area contributed by atoms with Gasteiger partial charge in [0.25, 0.3) is 5.69 Å². The van der Waals surface area contributed by atoms with E-state index in [0.717, 1.165) is 0 Å². The van der Waals surface area contributed by atoms with Crippen molar-refractivity contribution in [3.05, 3.63) is 66.6 Å². The molecule has 0 unspecified atom stereocenters. The van der Waals surface area contributed by atoms with Crippen molar-refractivity contribution in [3.8, 4) is 11.8 Å². The summed E-state index contributed by atoms with van der Waals surface area (Å²) < 4.78 is 11.5. The highest BCUT2D eigenvalue weighted by Crippen LogP contribution is 2.36. The van der Waals surface area contributed by atoms with E-state index in [2.05, 4.69) is 37.9 Å². The number of ether oxygens (including phenoxy) is 2. The van der Waals surface area contributed by atoms with E-state index in [1.165, 1.54) is 24.3 Å². The molecule has 0 heterocycles. The molecule has 7 nitrogen and oxygen atoms in total. The van der Waals surface area contributed by atoms with Gasteiger partial charge < -0.3 is 9.47 Å². The maximum atomic E-state index is 11.4. The number of nitro benzene ring substituents is 1. The molecule has 0 saturated heterocycles. The lowest BCUT2D eigenvalue weighted by Crippen LogP contribution is -2.15. The van der Waals surface area contributed by atoms with Crippen LogP contribution in [0.1, 0.15) is 18.1 Å². The minimum absolute atomic E-state index is 0.0466. The zero-order valence-corrected chi connectivity index (χ0v) is 17.8. The standard InChI is InChI=1S/C19H14Br2N2O5/c1-2-27-18(24)11-28-19-16(20)8-12(9-17(19)21)7-14(10-22)13-3-5-15(6-4-13)23(25)26/h3-9H,2,11H2,1H3/b14-7-. The molecule has 0 aromatic heterocycles. The van der Waals surface area contributed by atoms with E-state index in [0.29, 0.717) is 31.4 Å². The number of nitrogens with zero attached hydrogens (tertiary/aromatic N) is 2. The maximum Gasteiger partial charge on any atom is 0.344 e. The number of nitriles is 1. The number of esters is 1. The number of carbonyl (C=O) groups is 1. The first-order valence-electron chi connectivity index (χ1n) is 7.99. The van der Waals surface area contributed by atoms with Gasteiger partial charge in [0.1, 0.15) is 5.75 Å². The van der Waals surface area contributed by atoms with Gasteiger partial charge in [0.05, 0.1) is 32.1 Å². The van der Waals surface area contributed by atoms with Crippen LogP contribution >= 0.6 is 31.9 Å². The second-order valence-corrected chi connectivity index (χ2v) is 7.09. The lowest BCUT2D eigenvalue weighted by atomic mass is 10.0. The molecule has 0 aliphatic rings. The smallest absolute Gasteiger partial charge is 0.344 e. The fourth-order valence-corrected chi connectivity index (χ4v) is 3.69. The summed E-state index contributed by atoms with van der Waals surface area (Å²) in [7, 11) is 0. The Bertz CT molecular complexity index is 942. The zero-order chi connectivity index (χ0) is 20.7. The van der Waals surface area contributed by atoms with Gasteiger partial charge in [-0.1, -0.05) is 0 Å². The molecule has 2 aromatic carbocycles. The first-order chi connectivity index (χ1) is 13.3. The van der Waals surface area contributed by atoms with Crippen molar-refractivity contribution in [2.24, 2.45) is 0 Å². The molecule has 0 saturated carbocycles. The zero-order valence-electron chi connectivity index (χ0n) is 14.6. The first-order valence-corrected chi connectivity index (χ1v) is 9.58. The van der Waals surface area contributed by atoms with Gasteiger partial charge in [-0.15, -0.1) is 0 Å². The summed E-state index contributed by atoms with van der Waals surface area (Å²) in [5, 5.41) is 20.2. The highest BCUT2D eigenvalue weighted by atomic mass is 79.9. The molecule has 28 heavy (non-hydrogen) atoms. The molecular weight excluding hydrogens is 496 g/mol. The third-order valence-corrected chi connectivity index (χ3v) is 4.66. The Labute approximate surface area is 178 Å². The van der Waals surface area contributed by atoms with Gasteiger partial charge in [0.15, 0.2) is 6.61 Å². The quantitative estimate of drug-likeness (QED) is 0.168. The number of rotatable bonds is 7. The predicted molar refractivity (Wildman–Crippen MR) is 111 cm³/mol. The fraction of sp³-hybridized carbons (Fsp3) is 0.158. The maximum absolute atomic E-state index is 11.4. The van der Waals surface area contributed by atoms with Gasteiger partial charge >= 0.3 is 5.97 Å². The van der Waals surface area contributed by atoms with E-state index in [4.69, 9.17) is 9.47 Å². The van der Waals surface area contributed by atoms with Crippen LogP contribution in [0.25, 0.3) is 11.6 Å². The van der Waals surface area contributed by atoms with Crippen LogP contribution in [0.5, 0.6) is 5.75 Å². The molecule has 2 aromatic rings. The van der Waals surface area contributed by atoms with E-state index in [1.807, 2.05) is 0 Å². The monoisotopic (exact) mass is 508 g/mol. The van der Waals surface area contributed by atoms with Crippen molar-refractivity contribution < 1.29 is 19.2 Å². The SMILES string of the molecule is CCOC(=O)COc1c(Br)cc(/C=C(/C#N)c2ccc([N+](=O)[O-])cc2)cc1Br. The van der Waals surface area contributed by atoms with E-state index in [1.54, 1.807) is 25.1 Å². The molecule has 0 bridgehead atoms. The van der Waals surface area contributed by atoms with Crippen LogP contribution < -0.4 is 4.74 Å². The Morgan fingerprint density at radius 1 is 1.25 bits per heavy atom. The third kappa shape index (κ3) is 5.65. The van der Waals surface area contributed by atoms with Gasteiger partial charge in [0, 0.05) is 12.1 Å². The van der Waals surface area contributed by atoms with Crippen LogP contribution in [0, 0.1) is 21.4 Å². The summed E-state index contributed by atoms with van der Waals surface area (Å²) in [6.45, 7) is 1.75. The van der Waals surface area contributed by atoms with Crippen molar-refractivity contribution >= 4 is 55.2 Å². The Kier molecular flexibility index (Phi) is 7.72. The normalized spacial score (nSPS) is 10.9. The van der Waals surface area contributed by atoms with Gasteiger partial charge in [-0.25, -0.2) is 4.79 Å². The number of carbonyl (C=O) groups excluding carboxylic acids is 1. The molecule has 2 rings (SSSR count). The number of allylic oxidation sites excluding steroid dienone is 1. The summed E-state index contributed by atoms with van der Waals surface area (Å²) in [6, 6.07) is 11.3. The fourth-order valence-electron chi connectivity index (χ4n) is 2.24. The van der Waals surface area contributed by atoms with Gasteiger partial charge in [-0.05, 0) is 80.3 Å². The number of hydrogen-bond donors (Lipinski definition) is 0. The first kappa shape index (κ1) is 21.6. The molecule has 0 radical (unpaired) electrons. The summed E-state index contributed by atoms with van der Waals surface area (Å²) >= 11 is 6.77. The lowest BCUT2D eigenvalue weighted by Gasteiger charge is -2.11. The Balaban J connectivity index is 2.27. The van der Waals surface area contributed by atoms with Crippen LogP contribution in [0.3, 0.4) is 0 Å². The summed E-state index contributed by atoms with van der Waals surface area (Å²) in [6.07, 6.45) is 1.64. The molecule has 9 heteroatoms. The van der Waals surface area contributed by atoms with Crippen LogP contribution in [0.15, 0.2) is 45.3 Å². The van der Waals surface area contributed by atoms with E-state index < -0.39 is 10.9 Å². The van der Waals surface area contributed by atoms with Crippen molar-refractivity contribution in [1.29, 1.82) is 5.26 Å². The molecule has 0 spiro atoms. The summed E-state index contributed by atoms with van der Waals surface area (Å²) in [5.74, 6) is -0.0470. The second kappa shape index (κ2) is 10.0. The number of benzene rings is 2. The van der Waals surface area contributed by atoms with Crippen molar-refractivity contribution in [2.75, 3.05) is 13.2 Å². The molecule has 0 amide bonds. The van der Waals surface area contributed by atoms with Crippen molar-refractivity contribution in [2.45, 2.75) is 6.92 Å². The lowest BCUT2D eigenvalue weighted by molar-refractivity contribution is -0.384. The number of halogens is 2. The third-order valence-electron chi connectivity index (χ3n) is 3.48. The molecule has 144 valence electrons. The molecule has 0 atom stereocenters. The van der Waals surface area contributed by atoms with Gasteiger partial charge in [0.2, 0.25) is 0 Å². The summed E-state index contributed by atoms with van der Waals surface area (Å²) in [5.41, 5.74) is 1.55. The molecule has 0 N–H and O–H groups in total. The van der Waals surface area contributed by atoms with Crippen LogP contribution in [-0.4, -0.2) is 24.1 Å². The van der Waals surface area contributed by atoms with Crippen LogP contribution in [-0.2, 0) is 9.53 Å². The highest BCUT2D eigenvalue weighted by molar-refractivity contribution is 9.11. The van der Waals surface area contributed by atoms with Crippen LogP contribution in [0.2, 0.25) is 0 Å². The van der Waals surface area contributed by atoms with E-state index in [-0.39, 0.29) is 18.9 Å². The van der Waals surface area contributed by atoms with Crippen molar-refractivity contribution in [1.82, 2.24) is 0 Å². The Morgan fingerprint density at radius 3 is 2.36 bits per heavy atom. The van der Waals surface area contributed by atoms with Gasteiger partial charge in [-0.2, -0.15) is 5.26 Å². The molecular formula is C19H14Br2N2O5. The minimum Gasteiger partial charge on any atom is -0.480 e. The molecule has 0 fully saturated rings. The summed E-state index contributed by atoms with van der Waals surface area (Å²) in [4.78, 5) is 21.7. The average Bonchev–Trinajstić information content (AvgIpc) is 2.65. The number of nitro groups is 1. The Hall–Kier alpha value is -2.70. The minimum atomic E-state index is -0.497. The Morgan fingerprint density at radius 2 is 1.86 bits per heavy atom. The highest BCUT2D eigenvalue weighted by Gasteiger charge is 2.12.